The van der Waals surface area contributed by atoms with Gasteiger partial charge in [0, 0.05) is 18.7 Å². The van der Waals surface area contributed by atoms with E-state index in [2.05, 4.69) is 37.9 Å². The first-order chi connectivity index (χ1) is 8.28. The summed E-state index contributed by atoms with van der Waals surface area (Å²) in [4.78, 5) is 9.08. The molecule has 0 aromatic carbocycles. The summed E-state index contributed by atoms with van der Waals surface area (Å²) < 4.78 is 2.80. The van der Waals surface area contributed by atoms with Gasteiger partial charge in [-0.1, -0.05) is 0 Å². The van der Waals surface area contributed by atoms with Crippen LogP contribution in [0.5, 0.6) is 0 Å². The molecule has 1 fully saturated rings. The second-order valence-corrected chi connectivity index (χ2v) is 5.05. The van der Waals surface area contributed by atoms with Gasteiger partial charge in [0.1, 0.15) is 10.4 Å². The summed E-state index contributed by atoms with van der Waals surface area (Å²) in [6, 6.07) is 3.95. The van der Waals surface area contributed by atoms with E-state index < -0.39 is 0 Å². The van der Waals surface area contributed by atoms with Gasteiger partial charge in [-0.25, -0.2) is 9.97 Å². The van der Waals surface area contributed by atoms with Gasteiger partial charge in [-0.3, -0.25) is 4.68 Å². The highest BCUT2D eigenvalue weighted by molar-refractivity contribution is 9.10. The van der Waals surface area contributed by atoms with Crippen LogP contribution in [0, 0.1) is 0 Å². The highest BCUT2D eigenvalue weighted by Gasteiger charge is 2.27. The van der Waals surface area contributed by atoms with Crippen LogP contribution in [0.3, 0.4) is 0 Å². The van der Waals surface area contributed by atoms with Gasteiger partial charge in [0.15, 0.2) is 0 Å². The first-order valence-corrected chi connectivity index (χ1v) is 6.64. The summed E-state index contributed by atoms with van der Waals surface area (Å²) in [6.45, 7) is 2.93. The molecule has 0 saturated heterocycles. The lowest BCUT2D eigenvalue weighted by Gasteiger charge is -2.06. The van der Waals surface area contributed by atoms with Gasteiger partial charge in [-0.05, 0) is 47.8 Å². The maximum Gasteiger partial charge on any atom is 0.133 e. The molecule has 0 N–H and O–H groups in total. The fraction of sp³-hybridized carbons (Fsp3) is 0.417. The van der Waals surface area contributed by atoms with Crippen LogP contribution in [0.1, 0.15) is 31.5 Å². The zero-order chi connectivity index (χ0) is 11.8. The molecule has 1 aliphatic rings. The van der Waals surface area contributed by atoms with Crippen LogP contribution in [-0.4, -0.2) is 19.7 Å². The van der Waals surface area contributed by atoms with E-state index in [0.29, 0.717) is 5.92 Å². The Morgan fingerprint density at radius 2 is 2.24 bits per heavy atom. The summed E-state index contributed by atoms with van der Waals surface area (Å²) >= 11 is 3.46. The molecule has 4 nitrogen and oxygen atoms in total. The SMILES string of the molecule is CCn1nccc1-c1cc(Br)nc(C2CC2)n1. The Balaban J connectivity index is 2.07. The smallest absolute Gasteiger partial charge is 0.133 e. The maximum absolute atomic E-state index is 4.64. The number of hydrogen-bond acceptors (Lipinski definition) is 3. The molecule has 1 saturated carbocycles. The van der Waals surface area contributed by atoms with E-state index in [1.54, 1.807) is 0 Å². The summed E-state index contributed by atoms with van der Waals surface area (Å²) in [7, 11) is 0. The minimum Gasteiger partial charge on any atom is -0.264 e. The van der Waals surface area contributed by atoms with Crippen molar-refractivity contribution in [1.82, 2.24) is 19.7 Å². The predicted molar refractivity (Wildman–Crippen MR) is 68.6 cm³/mol. The lowest BCUT2D eigenvalue weighted by atomic mass is 10.3. The van der Waals surface area contributed by atoms with E-state index in [-0.39, 0.29) is 0 Å². The fourth-order valence-electron chi connectivity index (χ4n) is 1.89. The molecule has 0 unspecified atom stereocenters. The molecule has 0 aliphatic heterocycles. The molecule has 0 spiro atoms. The maximum atomic E-state index is 4.64. The van der Waals surface area contributed by atoms with E-state index >= 15 is 0 Å². The zero-order valence-electron chi connectivity index (χ0n) is 9.60. The molecular weight excluding hydrogens is 280 g/mol. The van der Waals surface area contributed by atoms with Crippen molar-refractivity contribution in [3.63, 3.8) is 0 Å². The molecule has 3 rings (SSSR count). The van der Waals surface area contributed by atoms with Crippen LogP contribution in [-0.2, 0) is 6.54 Å². The van der Waals surface area contributed by atoms with Gasteiger partial charge in [0.05, 0.1) is 11.4 Å². The second kappa shape index (κ2) is 4.22. The highest BCUT2D eigenvalue weighted by atomic mass is 79.9. The second-order valence-electron chi connectivity index (χ2n) is 4.24. The average Bonchev–Trinajstić information content (AvgIpc) is 3.06. The Morgan fingerprint density at radius 1 is 1.41 bits per heavy atom. The number of hydrogen-bond donors (Lipinski definition) is 0. The van der Waals surface area contributed by atoms with Crippen LogP contribution < -0.4 is 0 Å². The fourth-order valence-corrected chi connectivity index (χ4v) is 2.29. The van der Waals surface area contributed by atoms with Crippen molar-refractivity contribution in [3.8, 4) is 11.4 Å². The number of halogens is 1. The number of aromatic nitrogens is 4. The molecule has 0 bridgehead atoms. The van der Waals surface area contributed by atoms with Crippen LogP contribution in [0.4, 0.5) is 0 Å². The molecule has 0 atom stereocenters. The molecule has 2 heterocycles. The third kappa shape index (κ3) is 2.11. The van der Waals surface area contributed by atoms with Crippen LogP contribution in [0.25, 0.3) is 11.4 Å². The first kappa shape index (κ1) is 10.9. The standard InChI is InChI=1S/C12H13BrN4/c1-2-17-10(5-6-14-17)9-7-11(13)16-12(15-9)8-3-4-8/h5-8H,2-4H2,1H3. The van der Waals surface area contributed by atoms with Gasteiger partial charge < -0.3 is 0 Å². The summed E-state index contributed by atoms with van der Waals surface area (Å²) in [6.07, 6.45) is 4.23. The molecule has 0 amide bonds. The minimum atomic E-state index is 0.559. The zero-order valence-corrected chi connectivity index (χ0v) is 11.2. The minimum absolute atomic E-state index is 0.559. The number of nitrogens with zero attached hydrogens (tertiary/aromatic N) is 4. The lowest BCUT2D eigenvalue weighted by Crippen LogP contribution is -2.02. The van der Waals surface area contributed by atoms with Gasteiger partial charge in [-0.15, -0.1) is 0 Å². The Hall–Kier alpha value is -1.23. The molecule has 17 heavy (non-hydrogen) atoms. The topological polar surface area (TPSA) is 43.6 Å². The Morgan fingerprint density at radius 3 is 2.94 bits per heavy atom. The normalized spacial score (nSPS) is 15.2. The van der Waals surface area contributed by atoms with Crippen LogP contribution >= 0.6 is 15.9 Å². The van der Waals surface area contributed by atoms with Crippen molar-refractivity contribution in [2.75, 3.05) is 0 Å². The largest absolute Gasteiger partial charge is 0.264 e. The molecule has 5 heteroatoms. The van der Waals surface area contributed by atoms with Crippen LogP contribution in [0.15, 0.2) is 22.9 Å². The summed E-state index contributed by atoms with van der Waals surface area (Å²) in [5.74, 6) is 1.52. The van der Waals surface area contributed by atoms with Gasteiger partial charge in [0.2, 0.25) is 0 Å². The lowest BCUT2D eigenvalue weighted by molar-refractivity contribution is 0.665. The summed E-state index contributed by atoms with van der Waals surface area (Å²) in [5.41, 5.74) is 2.01. The van der Waals surface area contributed by atoms with Gasteiger partial charge in [0.25, 0.3) is 0 Å². The van der Waals surface area contributed by atoms with Gasteiger partial charge >= 0.3 is 0 Å². The van der Waals surface area contributed by atoms with Crippen molar-refractivity contribution in [2.45, 2.75) is 32.2 Å². The number of aryl methyl sites for hydroxylation is 1. The van der Waals surface area contributed by atoms with Crippen molar-refractivity contribution in [1.29, 1.82) is 0 Å². The first-order valence-electron chi connectivity index (χ1n) is 5.84. The van der Waals surface area contributed by atoms with E-state index in [1.165, 1.54) is 12.8 Å². The Bertz CT molecular complexity index is 545. The van der Waals surface area contributed by atoms with Crippen molar-refractivity contribution in [2.24, 2.45) is 0 Å². The van der Waals surface area contributed by atoms with Crippen LogP contribution in [0.2, 0.25) is 0 Å². The van der Waals surface area contributed by atoms with Crippen molar-refractivity contribution in [3.05, 3.63) is 28.8 Å². The molecule has 0 radical (unpaired) electrons. The van der Waals surface area contributed by atoms with E-state index in [4.69, 9.17) is 0 Å². The average molecular weight is 293 g/mol. The van der Waals surface area contributed by atoms with Crippen molar-refractivity contribution < 1.29 is 0 Å². The molecule has 1 aliphatic carbocycles. The Kier molecular flexibility index (Phi) is 2.70. The number of rotatable bonds is 3. The molecular formula is C12H13BrN4. The molecule has 2 aromatic heterocycles. The van der Waals surface area contributed by atoms with E-state index in [0.717, 1.165) is 28.4 Å². The monoisotopic (exact) mass is 292 g/mol. The summed E-state index contributed by atoms with van der Waals surface area (Å²) in [5, 5.41) is 4.27. The van der Waals surface area contributed by atoms with Gasteiger partial charge in [-0.2, -0.15) is 5.10 Å². The molecule has 88 valence electrons. The highest BCUT2D eigenvalue weighted by Crippen LogP contribution is 2.39. The van der Waals surface area contributed by atoms with E-state index in [1.807, 2.05) is 23.0 Å². The third-order valence-electron chi connectivity index (χ3n) is 2.93. The Labute approximate surface area is 108 Å². The molecule has 2 aromatic rings. The van der Waals surface area contributed by atoms with Crippen molar-refractivity contribution >= 4 is 15.9 Å². The van der Waals surface area contributed by atoms with E-state index in [9.17, 15) is 0 Å². The predicted octanol–water partition coefficient (Wildman–Crippen LogP) is 3.00. The quantitative estimate of drug-likeness (QED) is 0.817. The third-order valence-corrected chi connectivity index (χ3v) is 3.34.